The van der Waals surface area contributed by atoms with Gasteiger partial charge < -0.3 is 9.64 Å². The highest BCUT2D eigenvalue weighted by atomic mass is 16.6. The molecule has 0 fully saturated rings. The number of allylic oxidation sites excluding steroid dienone is 4. The zero-order valence-corrected chi connectivity index (χ0v) is 18.5. The molecule has 5 atom stereocenters. The normalized spacial score (nSPS) is 28.3. The van der Waals surface area contributed by atoms with Crippen LogP contribution in [0, 0.1) is 22.0 Å². The van der Waals surface area contributed by atoms with Gasteiger partial charge in [-0.05, 0) is 60.4 Å². The molecule has 2 aliphatic heterocycles. The standard InChI is InChI=1S/C27H26N2O4/c1-2-33-27(30)18-13-23-20-6-3-5-17(20)15-28-25(16-9-11-19(12-10-16)29(31)32)22-8-4-7-21(22)24(14-18)26(23)28/h3-4,6-7,9-14,17,20-22,25H,2,5,8,15H2,1H3/t17-,20-,21+,22-,25-/m0/s1. The molecule has 0 saturated heterocycles. The fourth-order valence-corrected chi connectivity index (χ4v) is 6.48. The summed E-state index contributed by atoms with van der Waals surface area (Å²) in [6.07, 6.45) is 11.1. The van der Waals surface area contributed by atoms with E-state index in [2.05, 4.69) is 29.2 Å². The van der Waals surface area contributed by atoms with Crippen molar-refractivity contribution in [1.82, 2.24) is 0 Å². The molecule has 0 N–H and O–H groups in total. The van der Waals surface area contributed by atoms with E-state index in [4.69, 9.17) is 4.74 Å². The van der Waals surface area contributed by atoms with Crippen LogP contribution in [0.1, 0.15) is 64.7 Å². The van der Waals surface area contributed by atoms with Gasteiger partial charge in [-0.3, -0.25) is 10.1 Å². The Hall–Kier alpha value is -3.41. The van der Waals surface area contributed by atoms with Crippen LogP contribution < -0.4 is 4.90 Å². The molecule has 2 aliphatic carbocycles. The quantitative estimate of drug-likeness (QED) is 0.264. The van der Waals surface area contributed by atoms with Crippen LogP contribution >= 0.6 is 0 Å². The number of non-ortho nitro benzene ring substituents is 1. The summed E-state index contributed by atoms with van der Waals surface area (Å²) in [5.41, 5.74) is 5.55. The summed E-state index contributed by atoms with van der Waals surface area (Å²) in [6.45, 7) is 3.14. The predicted molar refractivity (Wildman–Crippen MR) is 126 cm³/mol. The van der Waals surface area contributed by atoms with Crippen LogP contribution in [-0.2, 0) is 4.74 Å². The molecule has 0 radical (unpaired) electrons. The van der Waals surface area contributed by atoms with E-state index in [1.54, 1.807) is 12.1 Å². The Morgan fingerprint density at radius 2 is 1.79 bits per heavy atom. The van der Waals surface area contributed by atoms with Crippen molar-refractivity contribution in [3.05, 3.63) is 93.1 Å². The lowest BCUT2D eigenvalue weighted by atomic mass is 9.70. The smallest absolute Gasteiger partial charge is 0.338 e. The first-order chi connectivity index (χ1) is 16.1. The maximum atomic E-state index is 12.7. The Morgan fingerprint density at radius 1 is 1.09 bits per heavy atom. The number of benzene rings is 2. The number of carbonyl (C=O) groups is 1. The molecule has 0 amide bonds. The average molecular weight is 443 g/mol. The molecule has 2 heterocycles. The number of hydrogen-bond acceptors (Lipinski definition) is 5. The molecule has 0 unspecified atom stereocenters. The molecular formula is C27H26N2O4. The fraction of sp³-hybridized carbons (Fsp3) is 0.370. The van der Waals surface area contributed by atoms with Crippen LogP contribution in [0.5, 0.6) is 0 Å². The number of nitrogens with zero attached hydrogens (tertiary/aromatic N) is 2. The van der Waals surface area contributed by atoms with Crippen molar-refractivity contribution in [1.29, 1.82) is 0 Å². The van der Waals surface area contributed by atoms with Gasteiger partial charge in [-0.1, -0.05) is 36.4 Å². The number of rotatable bonds is 4. The summed E-state index contributed by atoms with van der Waals surface area (Å²) in [5.74, 6) is 1.06. The number of hydrogen-bond donors (Lipinski definition) is 0. The van der Waals surface area contributed by atoms with Gasteiger partial charge in [0, 0.05) is 36.2 Å². The molecule has 0 aromatic heterocycles. The van der Waals surface area contributed by atoms with Crippen LogP contribution in [0.4, 0.5) is 11.4 Å². The van der Waals surface area contributed by atoms with Crippen LogP contribution in [0.25, 0.3) is 0 Å². The third-order valence-electron chi connectivity index (χ3n) is 7.81. The lowest BCUT2D eigenvalue weighted by Gasteiger charge is -2.51. The minimum atomic E-state index is -0.343. The zero-order valence-electron chi connectivity index (χ0n) is 18.5. The molecule has 168 valence electrons. The monoisotopic (exact) mass is 442 g/mol. The molecule has 33 heavy (non-hydrogen) atoms. The Morgan fingerprint density at radius 3 is 2.52 bits per heavy atom. The molecule has 2 aromatic rings. The Labute approximate surface area is 192 Å². The molecule has 0 saturated carbocycles. The highest BCUT2D eigenvalue weighted by Crippen LogP contribution is 2.59. The maximum Gasteiger partial charge on any atom is 0.338 e. The average Bonchev–Trinajstić information content (AvgIpc) is 3.49. The third kappa shape index (κ3) is 3.04. The van der Waals surface area contributed by atoms with Gasteiger partial charge in [0.05, 0.1) is 23.1 Å². The first kappa shape index (κ1) is 20.2. The number of esters is 1. The highest BCUT2D eigenvalue weighted by molar-refractivity contribution is 5.92. The second kappa shape index (κ2) is 7.58. The van der Waals surface area contributed by atoms with Crippen molar-refractivity contribution in [3.63, 3.8) is 0 Å². The van der Waals surface area contributed by atoms with Gasteiger partial charge in [0.15, 0.2) is 0 Å². The van der Waals surface area contributed by atoms with Crippen molar-refractivity contribution in [3.8, 4) is 0 Å². The van der Waals surface area contributed by atoms with Gasteiger partial charge >= 0.3 is 5.97 Å². The summed E-state index contributed by atoms with van der Waals surface area (Å²) in [7, 11) is 0. The van der Waals surface area contributed by atoms with Gasteiger partial charge in [-0.15, -0.1) is 0 Å². The Balaban J connectivity index is 1.52. The number of ether oxygens (including phenoxy) is 1. The van der Waals surface area contributed by atoms with Gasteiger partial charge in [-0.2, -0.15) is 0 Å². The molecule has 2 aromatic carbocycles. The van der Waals surface area contributed by atoms with E-state index >= 15 is 0 Å². The summed E-state index contributed by atoms with van der Waals surface area (Å²) in [6, 6.07) is 11.3. The van der Waals surface area contributed by atoms with E-state index < -0.39 is 0 Å². The van der Waals surface area contributed by atoms with Crippen molar-refractivity contribution in [2.75, 3.05) is 18.1 Å². The van der Waals surface area contributed by atoms with E-state index in [1.807, 2.05) is 31.2 Å². The SMILES string of the molecule is CCOC(=O)c1cc2c3c(c1)[C@@H]1C=CC[C@@H]1[C@H](c1ccc([N+](=O)[O-])cc1)N3C[C@@H]1CC=C[C@H]21. The van der Waals surface area contributed by atoms with E-state index in [9.17, 15) is 14.9 Å². The predicted octanol–water partition coefficient (Wildman–Crippen LogP) is 5.67. The second-order valence-corrected chi connectivity index (χ2v) is 9.47. The van der Waals surface area contributed by atoms with E-state index in [-0.39, 0.29) is 28.5 Å². The van der Waals surface area contributed by atoms with Crippen LogP contribution in [-0.4, -0.2) is 24.0 Å². The van der Waals surface area contributed by atoms with E-state index in [0.29, 0.717) is 29.9 Å². The minimum absolute atomic E-state index is 0.120. The summed E-state index contributed by atoms with van der Waals surface area (Å²) >= 11 is 0. The molecule has 0 spiro atoms. The van der Waals surface area contributed by atoms with Crippen LogP contribution in [0.3, 0.4) is 0 Å². The molecule has 4 aliphatic rings. The molecule has 6 nitrogen and oxygen atoms in total. The van der Waals surface area contributed by atoms with Crippen LogP contribution in [0.2, 0.25) is 0 Å². The van der Waals surface area contributed by atoms with Gasteiger partial charge in [0.2, 0.25) is 0 Å². The number of nitro groups is 1. The topological polar surface area (TPSA) is 72.7 Å². The Kier molecular flexibility index (Phi) is 4.64. The summed E-state index contributed by atoms with van der Waals surface area (Å²) < 4.78 is 5.36. The lowest BCUT2D eigenvalue weighted by Crippen LogP contribution is -2.46. The Bertz CT molecular complexity index is 1180. The van der Waals surface area contributed by atoms with Gasteiger partial charge in [0.25, 0.3) is 5.69 Å². The molecule has 0 bridgehead atoms. The van der Waals surface area contributed by atoms with E-state index in [1.165, 1.54) is 16.8 Å². The third-order valence-corrected chi connectivity index (χ3v) is 7.81. The molecule has 6 heteroatoms. The van der Waals surface area contributed by atoms with Crippen molar-refractivity contribution < 1.29 is 14.5 Å². The minimum Gasteiger partial charge on any atom is -0.462 e. The van der Waals surface area contributed by atoms with Crippen molar-refractivity contribution >= 4 is 17.3 Å². The van der Waals surface area contributed by atoms with E-state index in [0.717, 1.165) is 24.9 Å². The summed E-state index contributed by atoms with van der Waals surface area (Å²) in [5, 5.41) is 11.2. The van der Waals surface area contributed by atoms with Gasteiger partial charge in [0.1, 0.15) is 0 Å². The number of fused-ring (bicyclic) bond motifs is 4. The lowest BCUT2D eigenvalue weighted by molar-refractivity contribution is -0.384. The zero-order chi connectivity index (χ0) is 22.7. The first-order valence-electron chi connectivity index (χ1n) is 11.8. The fourth-order valence-electron chi connectivity index (χ4n) is 6.48. The largest absolute Gasteiger partial charge is 0.462 e. The summed E-state index contributed by atoms with van der Waals surface area (Å²) in [4.78, 5) is 26.1. The number of anilines is 1. The van der Waals surface area contributed by atoms with Crippen LogP contribution in [0.15, 0.2) is 60.7 Å². The van der Waals surface area contributed by atoms with Crippen molar-refractivity contribution in [2.24, 2.45) is 11.8 Å². The molecule has 6 rings (SSSR count). The number of nitro benzene ring substituents is 1. The first-order valence-corrected chi connectivity index (χ1v) is 11.8. The van der Waals surface area contributed by atoms with Crippen molar-refractivity contribution in [2.45, 2.75) is 37.6 Å². The maximum absolute atomic E-state index is 12.7. The second-order valence-electron chi connectivity index (χ2n) is 9.47. The van der Waals surface area contributed by atoms with Gasteiger partial charge in [-0.25, -0.2) is 4.79 Å². The highest BCUT2D eigenvalue weighted by Gasteiger charge is 2.48. The number of carbonyl (C=O) groups excluding carboxylic acids is 1. The molecular weight excluding hydrogens is 416 g/mol.